The Morgan fingerprint density at radius 3 is 2.80 bits per heavy atom. The van der Waals surface area contributed by atoms with Crippen LogP contribution in [0.4, 0.5) is 0 Å². The van der Waals surface area contributed by atoms with Gasteiger partial charge in [-0.1, -0.05) is 6.92 Å². The fourth-order valence-electron chi connectivity index (χ4n) is 2.74. The lowest BCUT2D eigenvalue weighted by Gasteiger charge is -2.37. The molecule has 2 N–H and O–H groups in total. The number of nitrogens with zero attached hydrogens (tertiary/aromatic N) is 2. The van der Waals surface area contributed by atoms with Gasteiger partial charge in [0.25, 0.3) is 0 Å². The molecule has 1 saturated carbocycles. The van der Waals surface area contributed by atoms with E-state index in [9.17, 15) is 0 Å². The van der Waals surface area contributed by atoms with E-state index < -0.39 is 0 Å². The molecule has 116 valence electrons. The molecule has 0 spiro atoms. The molecule has 1 aliphatic carbocycles. The first-order chi connectivity index (χ1) is 9.61. The summed E-state index contributed by atoms with van der Waals surface area (Å²) in [6.07, 6.45) is 1.26. The van der Waals surface area contributed by atoms with Gasteiger partial charge in [0.05, 0.1) is 19.8 Å². The molecule has 1 saturated heterocycles. The van der Waals surface area contributed by atoms with Crippen molar-refractivity contribution in [3.05, 3.63) is 0 Å². The van der Waals surface area contributed by atoms with Crippen LogP contribution < -0.4 is 10.6 Å². The SMILES string of the molecule is CCNC(=NCC(C)N1CCOCC1C)NC1CC1C. The van der Waals surface area contributed by atoms with Gasteiger partial charge in [0.1, 0.15) is 0 Å². The Labute approximate surface area is 123 Å². The number of nitrogens with one attached hydrogen (secondary N) is 2. The highest BCUT2D eigenvalue weighted by Crippen LogP contribution is 2.28. The first-order valence-corrected chi connectivity index (χ1v) is 8.00. The molecule has 2 aliphatic rings. The monoisotopic (exact) mass is 282 g/mol. The van der Waals surface area contributed by atoms with Crippen molar-refractivity contribution in [2.75, 3.05) is 32.8 Å². The van der Waals surface area contributed by atoms with Crippen molar-refractivity contribution < 1.29 is 4.74 Å². The van der Waals surface area contributed by atoms with Gasteiger partial charge in [-0.2, -0.15) is 0 Å². The van der Waals surface area contributed by atoms with Gasteiger partial charge < -0.3 is 15.4 Å². The molecule has 4 atom stereocenters. The summed E-state index contributed by atoms with van der Waals surface area (Å²) in [6.45, 7) is 13.3. The molecular formula is C15H30N4O. The van der Waals surface area contributed by atoms with Crippen molar-refractivity contribution in [1.82, 2.24) is 15.5 Å². The molecule has 2 fully saturated rings. The first kappa shape index (κ1) is 15.6. The van der Waals surface area contributed by atoms with E-state index in [1.165, 1.54) is 6.42 Å². The number of hydrogen-bond acceptors (Lipinski definition) is 3. The molecule has 0 aromatic heterocycles. The van der Waals surface area contributed by atoms with Crippen LogP contribution >= 0.6 is 0 Å². The lowest BCUT2D eigenvalue weighted by Crippen LogP contribution is -2.49. The van der Waals surface area contributed by atoms with Crippen LogP contribution in [-0.2, 0) is 4.74 Å². The maximum atomic E-state index is 5.50. The molecule has 0 bridgehead atoms. The van der Waals surface area contributed by atoms with Gasteiger partial charge in [-0.05, 0) is 33.1 Å². The molecule has 5 heteroatoms. The van der Waals surface area contributed by atoms with Crippen LogP contribution in [0.2, 0.25) is 0 Å². The molecule has 1 aliphatic heterocycles. The number of ether oxygens (including phenoxy) is 1. The molecule has 0 aromatic carbocycles. The zero-order valence-electron chi connectivity index (χ0n) is 13.4. The summed E-state index contributed by atoms with van der Waals surface area (Å²) in [5.41, 5.74) is 0. The van der Waals surface area contributed by atoms with Gasteiger partial charge in [0, 0.05) is 31.2 Å². The van der Waals surface area contributed by atoms with Crippen LogP contribution in [0.15, 0.2) is 4.99 Å². The first-order valence-electron chi connectivity index (χ1n) is 8.00. The zero-order chi connectivity index (χ0) is 14.5. The fraction of sp³-hybridized carbons (Fsp3) is 0.933. The van der Waals surface area contributed by atoms with E-state index in [2.05, 4.69) is 43.2 Å². The summed E-state index contributed by atoms with van der Waals surface area (Å²) in [5, 5.41) is 6.85. The van der Waals surface area contributed by atoms with E-state index >= 15 is 0 Å². The minimum absolute atomic E-state index is 0.459. The largest absolute Gasteiger partial charge is 0.379 e. The molecule has 2 rings (SSSR count). The minimum atomic E-state index is 0.459. The summed E-state index contributed by atoms with van der Waals surface area (Å²) in [5.74, 6) is 1.75. The highest BCUT2D eigenvalue weighted by atomic mass is 16.5. The van der Waals surface area contributed by atoms with Gasteiger partial charge in [-0.15, -0.1) is 0 Å². The Kier molecular flexibility index (Phi) is 5.66. The summed E-state index contributed by atoms with van der Waals surface area (Å²) >= 11 is 0. The number of rotatable bonds is 5. The van der Waals surface area contributed by atoms with Crippen molar-refractivity contribution in [2.24, 2.45) is 10.9 Å². The second-order valence-corrected chi connectivity index (χ2v) is 6.19. The highest BCUT2D eigenvalue weighted by Gasteiger charge is 2.33. The quantitative estimate of drug-likeness (QED) is 0.585. The Morgan fingerprint density at radius 2 is 2.20 bits per heavy atom. The highest BCUT2D eigenvalue weighted by molar-refractivity contribution is 5.80. The predicted molar refractivity (Wildman–Crippen MR) is 83.1 cm³/mol. The number of morpholine rings is 1. The minimum Gasteiger partial charge on any atom is -0.379 e. The van der Waals surface area contributed by atoms with Crippen LogP contribution in [0, 0.1) is 5.92 Å². The van der Waals surface area contributed by atoms with Gasteiger partial charge in [-0.25, -0.2) is 0 Å². The van der Waals surface area contributed by atoms with Crippen molar-refractivity contribution >= 4 is 5.96 Å². The Hall–Kier alpha value is -0.810. The average Bonchev–Trinajstić information content (AvgIpc) is 3.12. The fourth-order valence-corrected chi connectivity index (χ4v) is 2.74. The smallest absolute Gasteiger partial charge is 0.191 e. The second-order valence-electron chi connectivity index (χ2n) is 6.19. The lowest BCUT2D eigenvalue weighted by atomic mass is 10.2. The van der Waals surface area contributed by atoms with E-state index in [4.69, 9.17) is 9.73 Å². The van der Waals surface area contributed by atoms with Gasteiger partial charge in [0.15, 0.2) is 5.96 Å². The molecular weight excluding hydrogens is 252 g/mol. The second kappa shape index (κ2) is 7.27. The van der Waals surface area contributed by atoms with Crippen LogP contribution in [-0.4, -0.2) is 61.8 Å². The third kappa shape index (κ3) is 4.35. The number of aliphatic imine (C=N–C) groups is 1. The van der Waals surface area contributed by atoms with E-state index in [1.54, 1.807) is 0 Å². The normalized spacial score (nSPS) is 32.8. The van der Waals surface area contributed by atoms with Crippen molar-refractivity contribution in [3.8, 4) is 0 Å². The van der Waals surface area contributed by atoms with E-state index in [1.807, 2.05) is 0 Å². The van der Waals surface area contributed by atoms with Crippen molar-refractivity contribution in [3.63, 3.8) is 0 Å². The molecule has 0 aromatic rings. The van der Waals surface area contributed by atoms with E-state index in [-0.39, 0.29) is 0 Å². The molecule has 0 amide bonds. The number of hydrogen-bond donors (Lipinski definition) is 2. The van der Waals surface area contributed by atoms with Crippen LogP contribution in [0.5, 0.6) is 0 Å². The van der Waals surface area contributed by atoms with Crippen LogP contribution in [0.25, 0.3) is 0 Å². The summed E-state index contributed by atoms with van der Waals surface area (Å²) in [6, 6.07) is 1.57. The van der Waals surface area contributed by atoms with Gasteiger partial charge >= 0.3 is 0 Å². The Bertz CT molecular complexity index is 334. The van der Waals surface area contributed by atoms with Gasteiger partial charge in [-0.3, -0.25) is 9.89 Å². The van der Waals surface area contributed by atoms with Crippen molar-refractivity contribution in [1.29, 1.82) is 0 Å². The number of guanidine groups is 1. The Balaban J connectivity index is 1.83. The summed E-state index contributed by atoms with van der Waals surface area (Å²) in [4.78, 5) is 7.25. The molecule has 1 heterocycles. The van der Waals surface area contributed by atoms with Gasteiger partial charge in [0.2, 0.25) is 0 Å². The summed E-state index contributed by atoms with van der Waals surface area (Å²) < 4.78 is 5.50. The molecule has 0 radical (unpaired) electrons. The van der Waals surface area contributed by atoms with Crippen LogP contribution in [0.3, 0.4) is 0 Å². The maximum absolute atomic E-state index is 5.50. The molecule has 20 heavy (non-hydrogen) atoms. The third-order valence-corrected chi connectivity index (χ3v) is 4.27. The predicted octanol–water partition coefficient (Wildman–Crippen LogP) is 1.06. The Morgan fingerprint density at radius 1 is 1.45 bits per heavy atom. The zero-order valence-corrected chi connectivity index (χ0v) is 13.4. The average molecular weight is 282 g/mol. The molecule has 4 unspecified atom stereocenters. The standard InChI is InChI=1S/C15H30N4O/c1-5-16-15(18-14-8-11(14)2)17-9-12(3)19-6-7-20-10-13(19)4/h11-14H,5-10H2,1-4H3,(H2,16,17,18). The van der Waals surface area contributed by atoms with E-state index in [0.29, 0.717) is 18.1 Å². The maximum Gasteiger partial charge on any atom is 0.191 e. The lowest BCUT2D eigenvalue weighted by molar-refractivity contribution is -0.0165. The van der Waals surface area contributed by atoms with Crippen LogP contribution in [0.1, 0.15) is 34.1 Å². The van der Waals surface area contributed by atoms with Crippen molar-refractivity contribution in [2.45, 2.75) is 52.2 Å². The topological polar surface area (TPSA) is 48.9 Å². The molecule has 5 nitrogen and oxygen atoms in total. The van der Waals surface area contributed by atoms with E-state index in [0.717, 1.165) is 44.7 Å². The third-order valence-electron chi connectivity index (χ3n) is 4.27. The summed E-state index contributed by atoms with van der Waals surface area (Å²) in [7, 11) is 0.